The number of aromatic nitrogens is 2. The van der Waals surface area contributed by atoms with Crippen molar-refractivity contribution in [2.24, 2.45) is 13.0 Å². The summed E-state index contributed by atoms with van der Waals surface area (Å²) in [5.41, 5.74) is 1.31. The van der Waals surface area contributed by atoms with Crippen LogP contribution < -0.4 is 0 Å². The molecule has 3 rings (SSSR count). The van der Waals surface area contributed by atoms with Crippen molar-refractivity contribution in [3.63, 3.8) is 0 Å². The first-order chi connectivity index (χ1) is 7.25. The lowest BCUT2D eigenvalue weighted by molar-refractivity contribution is -0.119. The molecule has 0 aliphatic heterocycles. The van der Waals surface area contributed by atoms with Crippen LogP contribution in [0.15, 0.2) is 6.20 Å². The Labute approximate surface area is 89.5 Å². The predicted octanol–water partition coefficient (Wildman–Crippen LogP) is 1.82. The number of rotatable bonds is 4. The van der Waals surface area contributed by atoms with Gasteiger partial charge in [-0.2, -0.15) is 0 Å². The highest BCUT2D eigenvalue weighted by Crippen LogP contribution is 2.40. The number of carbonyl (C=O) groups is 1. The zero-order valence-electron chi connectivity index (χ0n) is 9.07. The minimum atomic E-state index is 0.353. The predicted molar refractivity (Wildman–Crippen MR) is 56.6 cm³/mol. The van der Waals surface area contributed by atoms with Gasteiger partial charge in [-0.3, -0.25) is 4.79 Å². The molecule has 15 heavy (non-hydrogen) atoms. The maximum Gasteiger partial charge on any atom is 0.143 e. The van der Waals surface area contributed by atoms with Crippen LogP contribution in [0.2, 0.25) is 0 Å². The van der Waals surface area contributed by atoms with Gasteiger partial charge in [0.15, 0.2) is 0 Å². The van der Waals surface area contributed by atoms with E-state index in [4.69, 9.17) is 0 Å². The Hall–Kier alpha value is -1.12. The Kier molecular flexibility index (Phi) is 1.94. The number of imidazole rings is 1. The minimum absolute atomic E-state index is 0.353. The van der Waals surface area contributed by atoms with Gasteiger partial charge in [-0.15, -0.1) is 0 Å². The van der Waals surface area contributed by atoms with Crippen LogP contribution in [-0.2, 0) is 18.3 Å². The number of ketones is 1. The molecule has 3 heteroatoms. The van der Waals surface area contributed by atoms with Gasteiger partial charge in [0, 0.05) is 30.8 Å². The van der Waals surface area contributed by atoms with Gasteiger partial charge in [0.1, 0.15) is 11.6 Å². The zero-order valence-corrected chi connectivity index (χ0v) is 9.07. The normalized spacial score (nSPS) is 20.6. The molecule has 0 bridgehead atoms. The van der Waals surface area contributed by atoms with Crippen molar-refractivity contribution in [3.8, 4) is 0 Å². The van der Waals surface area contributed by atoms with Crippen LogP contribution in [-0.4, -0.2) is 15.3 Å². The second-order valence-electron chi connectivity index (χ2n) is 4.85. The van der Waals surface area contributed by atoms with E-state index in [1.54, 1.807) is 0 Å². The summed E-state index contributed by atoms with van der Waals surface area (Å²) < 4.78 is 2.12. The molecule has 2 saturated carbocycles. The lowest BCUT2D eigenvalue weighted by Crippen LogP contribution is -2.10. The lowest BCUT2D eigenvalue weighted by atomic mass is 10.2. The Morgan fingerprint density at radius 3 is 2.80 bits per heavy atom. The Bertz CT molecular complexity index is 400. The molecule has 2 aliphatic rings. The second kappa shape index (κ2) is 3.19. The fourth-order valence-corrected chi connectivity index (χ4v) is 2.09. The van der Waals surface area contributed by atoms with E-state index in [0.29, 0.717) is 24.0 Å². The molecule has 0 atom stereocenters. The van der Waals surface area contributed by atoms with E-state index in [2.05, 4.69) is 9.55 Å². The van der Waals surface area contributed by atoms with Crippen LogP contribution in [0.4, 0.5) is 0 Å². The number of hydrogen-bond acceptors (Lipinski definition) is 2. The standard InChI is InChI=1S/C12H16N2O/c1-14-10(8-2-3-8)7-13-12(14)6-11(15)9-4-5-9/h7-9H,2-6H2,1H3. The third-order valence-corrected chi connectivity index (χ3v) is 3.48. The average Bonchev–Trinajstić information content (AvgIpc) is 3.10. The third kappa shape index (κ3) is 1.71. The van der Waals surface area contributed by atoms with Gasteiger partial charge in [-0.05, 0) is 25.7 Å². The van der Waals surface area contributed by atoms with Crippen molar-refractivity contribution >= 4 is 5.78 Å². The minimum Gasteiger partial charge on any atom is -0.334 e. The molecule has 0 N–H and O–H groups in total. The smallest absolute Gasteiger partial charge is 0.143 e. The van der Waals surface area contributed by atoms with E-state index in [1.807, 2.05) is 13.2 Å². The SMILES string of the molecule is Cn1c(C2CC2)cnc1CC(=O)C1CC1. The molecule has 1 aromatic rings. The van der Waals surface area contributed by atoms with E-state index in [-0.39, 0.29) is 0 Å². The van der Waals surface area contributed by atoms with Crippen LogP contribution in [0.5, 0.6) is 0 Å². The molecule has 1 aromatic heterocycles. The average molecular weight is 204 g/mol. The summed E-state index contributed by atoms with van der Waals surface area (Å²) in [6.45, 7) is 0. The van der Waals surface area contributed by atoms with Gasteiger partial charge in [-0.1, -0.05) is 0 Å². The van der Waals surface area contributed by atoms with Gasteiger partial charge in [0.2, 0.25) is 0 Å². The first-order valence-corrected chi connectivity index (χ1v) is 5.79. The van der Waals surface area contributed by atoms with Crippen molar-refractivity contribution in [1.82, 2.24) is 9.55 Å². The van der Waals surface area contributed by atoms with Crippen LogP contribution in [0.25, 0.3) is 0 Å². The second-order valence-corrected chi connectivity index (χ2v) is 4.85. The molecule has 2 aliphatic carbocycles. The summed E-state index contributed by atoms with van der Waals surface area (Å²) in [6.07, 6.45) is 7.25. The fraction of sp³-hybridized carbons (Fsp3) is 0.667. The zero-order chi connectivity index (χ0) is 10.4. The molecule has 0 unspecified atom stereocenters. The molecule has 2 fully saturated rings. The number of Topliss-reactive ketones (excluding diaryl/α,β-unsaturated/α-hetero) is 1. The molecule has 0 saturated heterocycles. The van der Waals surface area contributed by atoms with Gasteiger partial charge in [0.05, 0.1) is 6.42 Å². The van der Waals surface area contributed by atoms with E-state index >= 15 is 0 Å². The monoisotopic (exact) mass is 204 g/mol. The van der Waals surface area contributed by atoms with E-state index in [1.165, 1.54) is 18.5 Å². The molecule has 3 nitrogen and oxygen atoms in total. The molecular formula is C12H16N2O. The summed E-state index contributed by atoms with van der Waals surface area (Å²) in [7, 11) is 2.04. The first-order valence-electron chi connectivity index (χ1n) is 5.79. The van der Waals surface area contributed by atoms with Crippen LogP contribution in [0.1, 0.15) is 43.1 Å². The summed E-state index contributed by atoms with van der Waals surface area (Å²) in [5, 5.41) is 0. The Balaban J connectivity index is 1.76. The molecule has 0 amide bonds. The van der Waals surface area contributed by atoms with Gasteiger partial charge in [-0.25, -0.2) is 4.98 Å². The molecule has 0 spiro atoms. The van der Waals surface area contributed by atoms with Crippen molar-refractivity contribution in [2.75, 3.05) is 0 Å². The van der Waals surface area contributed by atoms with Crippen LogP contribution >= 0.6 is 0 Å². The molecule has 0 aromatic carbocycles. The Morgan fingerprint density at radius 2 is 2.20 bits per heavy atom. The summed E-state index contributed by atoms with van der Waals surface area (Å²) in [5.74, 6) is 2.40. The van der Waals surface area contributed by atoms with Crippen LogP contribution in [0, 0.1) is 5.92 Å². The quantitative estimate of drug-likeness (QED) is 0.749. The van der Waals surface area contributed by atoms with Gasteiger partial charge < -0.3 is 4.57 Å². The first kappa shape index (κ1) is 9.13. The van der Waals surface area contributed by atoms with Gasteiger partial charge in [0.25, 0.3) is 0 Å². The van der Waals surface area contributed by atoms with E-state index < -0.39 is 0 Å². The Morgan fingerprint density at radius 1 is 1.47 bits per heavy atom. The van der Waals surface area contributed by atoms with Gasteiger partial charge >= 0.3 is 0 Å². The van der Waals surface area contributed by atoms with E-state index in [9.17, 15) is 4.79 Å². The molecule has 0 radical (unpaired) electrons. The number of hydrogen-bond donors (Lipinski definition) is 0. The molecular weight excluding hydrogens is 188 g/mol. The maximum atomic E-state index is 11.7. The molecule has 1 heterocycles. The van der Waals surface area contributed by atoms with Crippen molar-refractivity contribution in [2.45, 2.75) is 38.0 Å². The topological polar surface area (TPSA) is 34.9 Å². The lowest BCUT2D eigenvalue weighted by Gasteiger charge is -2.03. The third-order valence-electron chi connectivity index (χ3n) is 3.48. The summed E-state index contributed by atoms with van der Waals surface area (Å²) in [6, 6.07) is 0. The van der Waals surface area contributed by atoms with Crippen molar-refractivity contribution in [1.29, 1.82) is 0 Å². The summed E-state index contributed by atoms with van der Waals surface area (Å²) in [4.78, 5) is 16.0. The maximum absolute atomic E-state index is 11.7. The highest BCUT2D eigenvalue weighted by atomic mass is 16.1. The largest absolute Gasteiger partial charge is 0.334 e. The highest BCUT2D eigenvalue weighted by molar-refractivity contribution is 5.84. The fourth-order valence-electron chi connectivity index (χ4n) is 2.09. The molecule has 80 valence electrons. The van der Waals surface area contributed by atoms with E-state index in [0.717, 1.165) is 18.7 Å². The van der Waals surface area contributed by atoms with Crippen molar-refractivity contribution < 1.29 is 4.79 Å². The van der Waals surface area contributed by atoms with Crippen molar-refractivity contribution in [3.05, 3.63) is 17.7 Å². The number of nitrogens with zero attached hydrogens (tertiary/aromatic N) is 2. The highest BCUT2D eigenvalue weighted by Gasteiger charge is 2.31. The summed E-state index contributed by atoms with van der Waals surface area (Å²) >= 11 is 0. The number of carbonyl (C=O) groups excluding carboxylic acids is 1. The van der Waals surface area contributed by atoms with Crippen LogP contribution in [0.3, 0.4) is 0 Å².